The summed E-state index contributed by atoms with van der Waals surface area (Å²) >= 11 is 7.45. The number of thiophene rings is 1. The van der Waals surface area contributed by atoms with E-state index in [1.165, 1.54) is 24.2 Å². The molecule has 6 rings (SSSR count). The molecular weight excluding hydrogens is 442 g/mol. The molecule has 7 heteroatoms. The molecule has 4 heterocycles. The number of piperidine rings is 1. The molecule has 1 N–H and O–H groups in total. The summed E-state index contributed by atoms with van der Waals surface area (Å²) in [4.78, 5) is 18.7. The first-order valence-electron chi connectivity index (χ1n) is 10.9. The maximum atomic E-state index is 13.2. The zero-order chi connectivity index (χ0) is 21.7. The number of nitrogens with zero attached hydrogens (tertiary/aromatic N) is 2. The van der Waals surface area contributed by atoms with Crippen molar-refractivity contribution in [2.24, 2.45) is 0 Å². The van der Waals surface area contributed by atoms with Crippen LogP contribution in [0.1, 0.15) is 25.7 Å². The summed E-state index contributed by atoms with van der Waals surface area (Å²) in [7, 11) is 0. The highest BCUT2D eigenvalue weighted by molar-refractivity contribution is 7.22. The van der Waals surface area contributed by atoms with E-state index in [0.717, 1.165) is 34.7 Å². The van der Waals surface area contributed by atoms with E-state index < -0.39 is 0 Å². The minimum Gasteiger partial charge on any atom is -0.490 e. The first kappa shape index (κ1) is 20.0. The molecule has 2 aliphatic rings. The van der Waals surface area contributed by atoms with E-state index in [0.29, 0.717) is 27.3 Å². The summed E-state index contributed by atoms with van der Waals surface area (Å²) in [6.45, 7) is 0. The average Bonchev–Trinajstić information content (AvgIpc) is 3.39. The first-order chi connectivity index (χ1) is 15.6. The van der Waals surface area contributed by atoms with Crippen LogP contribution in [0.4, 0.5) is 0 Å². The zero-order valence-corrected chi connectivity index (χ0v) is 18.9. The Labute approximate surface area is 194 Å². The maximum Gasteiger partial charge on any atom is 0.275 e. The molecular formula is C25H22ClN3O2S. The van der Waals surface area contributed by atoms with Gasteiger partial charge >= 0.3 is 0 Å². The van der Waals surface area contributed by atoms with Crippen LogP contribution in [0.2, 0.25) is 5.02 Å². The van der Waals surface area contributed by atoms with Crippen molar-refractivity contribution in [3.8, 4) is 21.9 Å². The second-order valence-corrected chi connectivity index (χ2v) is 10.1. The lowest BCUT2D eigenvalue weighted by molar-refractivity contribution is 0.137. The summed E-state index contributed by atoms with van der Waals surface area (Å²) in [5.74, 6) is 0.850. The topological polar surface area (TPSA) is 56.2 Å². The Morgan fingerprint density at radius 2 is 1.75 bits per heavy atom. The third-order valence-electron chi connectivity index (χ3n) is 6.41. The van der Waals surface area contributed by atoms with E-state index in [1.807, 2.05) is 54.6 Å². The third-order valence-corrected chi connectivity index (χ3v) is 7.83. The molecule has 32 heavy (non-hydrogen) atoms. The van der Waals surface area contributed by atoms with Gasteiger partial charge in [0.1, 0.15) is 22.9 Å². The predicted molar refractivity (Wildman–Crippen MR) is 129 cm³/mol. The molecule has 2 aliphatic heterocycles. The second-order valence-electron chi connectivity index (χ2n) is 8.59. The summed E-state index contributed by atoms with van der Waals surface area (Å²) in [5.41, 5.74) is 2.45. The Morgan fingerprint density at radius 3 is 2.47 bits per heavy atom. The van der Waals surface area contributed by atoms with E-state index in [1.54, 1.807) is 10.9 Å². The molecule has 0 amide bonds. The fourth-order valence-corrected chi connectivity index (χ4v) is 6.00. The van der Waals surface area contributed by atoms with E-state index in [4.69, 9.17) is 16.3 Å². The summed E-state index contributed by atoms with van der Waals surface area (Å²) < 4.78 is 8.48. The van der Waals surface area contributed by atoms with Crippen molar-refractivity contribution in [1.29, 1.82) is 0 Å². The molecule has 0 unspecified atom stereocenters. The lowest BCUT2D eigenvalue weighted by Crippen LogP contribution is -2.42. The molecule has 0 aliphatic carbocycles. The minimum atomic E-state index is -0.0659. The molecule has 5 nitrogen and oxygen atoms in total. The van der Waals surface area contributed by atoms with E-state index in [9.17, 15) is 4.79 Å². The monoisotopic (exact) mass is 463 g/mol. The fraction of sp³-hybridized carbons (Fsp3) is 0.280. The summed E-state index contributed by atoms with van der Waals surface area (Å²) in [5, 5.41) is 4.33. The average molecular weight is 464 g/mol. The predicted octanol–water partition coefficient (Wildman–Crippen LogP) is 5.43. The first-order valence-corrected chi connectivity index (χ1v) is 12.1. The normalized spacial score (nSPS) is 22.3. The molecule has 0 spiro atoms. The third kappa shape index (κ3) is 3.72. The quantitative estimate of drug-likeness (QED) is 0.438. The lowest BCUT2D eigenvalue weighted by Gasteiger charge is -2.29. The van der Waals surface area contributed by atoms with Gasteiger partial charge in [0.2, 0.25) is 0 Å². The number of aromatic nitrogens is 2. The van der Waals surface area contributed by atoms with Crippen molar-refractivity contribution < 1.29 is 4.74 Å². The van der Waals surface area contributed by atoms with Crippen LogP contribution in [0.5, 0.6) is 5.75 Å². The van der Waals surface area contributed by atoms with Crippen molar-refractivity contribution in [2.75, 3.05) is 0 Å². The van der Waals surface area contributed by atoms with Gasteiger partial charge in [-0.15, -0.1) is 11.3 Å². The Hall–Kier alpha value is -2.67. The van der Waals surface area contributed by atoms with Gasteiger partial charge in [0.05, 0.1) is 11.2 Å². The molecule has 3 atom stereocenters. The number of benzene rings is 2. The highest BCUT2D eigenvalue weighted by Gasteiger charge is 2.34. The van der Waals surface area contributed by atoms with Crippen molar-refractivity contribution in [3.05, 3.63) is 76.3 Å². The van der Waals surface area contributed by atoms with Crippen molar-refractivity contribution in [3.63, 3.8) is 0 Å². The number of fused-ring (bicyclic) bond motifs is 3. The molecule has 0 saturated carbocycles. The van der Waals surface area contributed by atoms with Gasteiger partial charge in [-0.1, -0.05) is 23.7 Å². The van der Waals surface area contributed by atoms with Gasteiger partial charge in [-0.3, -0.25) is 9.36 Å². The highest BCUT2D eigenvalue weighted by atomic mass is 35.5. The molecule has 162 valence electrons. The minimum absolute atomic E-state index is 0.0659. The Morgan fingerprint density at radius 1 is 1.03 bits per heavy atom. The van der Waals surface area contributed by atoms with E-state index in [-0.39, 0.29) is 11.7 Å². The van der Waals surface area contributed by atoms with Gasteiger partial charge in [-0.05, 0) is 73.7 Å². The molecule has 2 aromatic carbocycles. The molecule has 4 aromatic rings. The number of hydrogen-bond acceptors (Lipinski definition) is 5. The zero-order valence-electron chi connectivity index (χ0n) is 17.3. The molecule has 2 saturated heterocycles. The molecule has 2 fully saturated rings. The van der Waals surface area contributed by atoms with Gasteiger partial charge in [0.25, 0.3) is 5.56 Å². The molecule has 0 radical (unpaired) electrons. The van der Waals surface area contributed by atoms with Gasteiger partial charge in [-0.2, -0.15) is 0 Å². The van der Waals surface area contributed by atoms with Crippen LogP contribution in [-0.2, 0) is 0 Å². The summed E-state index contributed by atoms with van der Waals surface area (Å²) in [6, 6.07) is 18.5. The Balaban J connectivity index is 1.25. The van der Waals surface area contributed by atoms with E-state index >= 15 is 0 Å². The summed E-state index contributed by atoms with van der Waals surface area (Å²) in [6.07, 6.45) is 6.50. The number of hydrogen-bond donors (Lipinski definition) is 1. The molecule has 2 aromatic heterocycles. The standard InChI is InChI=1S/C25H22ClN3O2S/c26-16-3-1-15(2-4-16)23-13-22-24(32-23)25(30)29(14-27-22)19-7-9-20(10-8-19)31-21-11-17-5-6-18(12-21)28-17/h1-4,7-10,13-14,17-18,21,28H,5-6,11-12H2/t17-,18+,21-. The largest absolute Gasteiger partial charge is 0.490 e. The lowest BCUT2D eigenvalue weighted by atomic mass is 10.0. The second kappa shape index (κ2) is 8.03. The van der Waals surface area contributed by atoms with Crippen LogP contribution in [0.15, 0.2) is 65.7 Å². The Kier molecular flexibility index (Phi) is 5.01. The number of rotatable bonds is 4. The van der Waals surface area contributed by atoms with Gasteiger partial charge in [0, 0.05) is 22.0 Å². The SMILES string of the molecule is O=c1c2sc(-c3ccc(Cl)cc3)cc2ncn1-c1ccc(O[C@@H]2C[C@H]3CC[C@@H](C2)N3)cc1. The van der Waals surface area contributed by atoms with Gasteiger partial charge < -0.3 is 10.1 Å². The smallest absolute Gasteiger partial charge is 0.275 e. The van der Waals surface area contributed by atoms with Crippen molar-refractivity contribution in [2.45, 2.75) is 43.9 Å². The van der Waals surface area contributed by atoms with Crippen LogP contribution < -0.4 is 15.6 Å². The van der Waals surface area contributed by atoms with Crippen LogP contribution in [0.3, 0.4) is 0 Å². The molecule has 2 bridgehead atoms. The highest BCUT2D eigenvalue weighted by Crippen LogP contribution is 2.32. The van der Waals surface area contributed by atoms with E-state index in [2.05, 4.69) is 10.3 Å². The van der Waals surface area contributed by atoms with Gasteiger partial charge in [-0.25, -0.2) is 4.98 Å². The fourth-order valence-electron chi connectivity index (χ4n) is 4.83. The number of nitrogens with one attached hydrogen (secondary N) is 1. The van der Waals surface area contributed by atoms with Crippen molar-refractivity contribution in [1.82, 2.24) is 14.9 Å². The van der Waals surface area contributed by atoms with Gasteiger partial charge in [0.15, 0.2) is 0 Å². The van der Waals surface area contributed by atoms with Crippen LogP contribution in [0.25, 0.3) is 26.3 Å². The number of halogens is 1. The maximum absolute atomic E-state index is 13.2. The van der Waals surface area contributed by atoms with Crippen LogP contribution in [0, 0.1) is 0 Å². The van der Waals surface area contributed by atoms with Crippen LogP contribution >= 0.6 is 22.9 Å². The van der Waals surface area contributed by atoms with Crippen LogP contribution in [-0.4, -0.2) is 27.7 Å². The number of ether oxygens (including phenoxy) is 1. The Bertz CT molecular complexity index is 1320. The van der Waals surface area contributed by atoms with Crippen molar-refractivity contribution >= 4 is 33.2 Å².